The lowest BCUT2D eigenvalue weighted by Gasteiger charge is -2.37. The second kappa shape index (κ2) is 5.73. The number of nitrogens with one attached hydrogen (secondary N) is 2. The molecule has 23 heavy (non-hydrogen) atoms. The number of ketones is 1. The van der Waals surface area contributed by atoms with Gasteiger partial charge in [0, 0.05) is 13.1 Å². The highest BCUT2D eigenvalue weighted by atomic mass is 16.2. The Labute approximate surface area is 137 Å². The van der Waals surface area contributed by atoms with Gasteiger partial charge in [-0.05, 0) is 57.4 Å². The zero-order valence-corrected chi connectivity index (χ0v) is 14.3. The number of amides is 1. The minimum Gasteiger partial charge on any atom is -0.343 e. The number of carbonyl (C=O) groups is 2. The monoisotopic (exact) mass is 315 g/mol. The predicted molar refractivity (Wildman–Crippen MR) is 89.1 cm³/mol. The van der Waals surface area contributed by atoms with Crippen LogP contribution in [0.15, 0.2) is 12.1 Å². The van der Waals surface area contributed by atoms with Gasteiger partial charge in [-0.1, -0.05) is 17.7 Å². The molecule has 5 heteroatoms. The van der Waals surface area contributed by atoms with Crippen LogP contribution in [0.1, 0.15) is 41.0 Å². The molecule has 1 aromatic carbocycles. The maximum Gasteiger partial charge on any atom is 0.235 e. The molecule has 5 nitrogen and oxygen atoms in total. The van der Waals surface area contributed by atoms with Crippen LogP contribution in [0, 0.1) is 20.8 Å². The van der Waals surface area contributed by atoms with Gasteiger partial charge in [0.1, 0.15) is 11.5 Å². The Kier molecular flexibility index (Phi) is 4.02. The Morgan fingerprint density at radius 2 is 1.70 bits per heavy atom. The van der Waals surface area contributed by atoms with Gasteiger partial charge in [-0.2, -0.15) is 0 Å². The second-order valence-electron chi connectivity index (χ2n) is 6.89. The van der Waals surface area contributed by atoms with E-state index in [1.165, 1.54) is 0 Å². The summed E-state index contributed by atoms with van der Waals surface area (Å²) in [5.41, 5.74) is 6.54. The molecule has 2 fully saturated rings. The molecule has 1 aromatic rings. The molecule has 1 atom stereocenters. The van der Waals surface area contributed by atoms with Gasteiger partial charge in [0.05, 0.1) is 0 Å². The number of Topliss-reactive ketones (excluding diaryl/α,β-unsaturated/α-hetero) is 1. The number of carbonyl (C=O) groups excluding carboxylic acids is 2. The summed E-state index contributed by atoms with van der Waals surface area (Å²) in [6, 6.07) is 4.11. The van der Waals surface area contributed by atoms with Crippen LogP contribution < -0.4 is 10.7 Å². The lowest BCUT2D eigenvalue weighted by molar-refractivity contribution is -0.126. The van der Waals surface area contributed by atoms with Crippen LogP contribution in [0.4, 0.5) is 0 Å². The average molecular weight is 315 g/mol. The smallest absolute Gasteiger partial charge is 0.235 e. The highest BCUT2D eigenvalue weighted by Crippen LogP contribution is 2.38. The summed E-state index contributed by atoms with van der Waals surface area (Å²) in [4.78, 5) is 25.8. The van der Waals surface area contributed by atoms with Gasteiger partial charge in [0.25, 0.3) is 0 Å². The number of nitrogens with zero attached hydrogens (tertiary/aromatic N) is 1. The molecule has 2 saturated heterocycles. The maximum atomic E-state index is 13.2. The zero-order chi connectivity index (χ0) is 16.8. The molecule has 0 bridgehead atoms. The Morgan fingerprint density at radius 3 is 2.22 bits per heavy atom. The largest absolute Gasteiger partial charge is 0.343 e. The normalized spacial score (nSPS) is 24.3. The van der Waals surface area contributed by atoms with E-state index in [1.807, 2.05) is 27.8 Å². The topological polar surface area (TPSA) is 61.4 Å². The number of aryl methyl sites for hydroxylation is 3. The molecule has 2 aliphatic rings. The summed E-state index contributed by atoms with van der Waals surface area (Å²) >= 11 is 0. The third kappa shape index (κ3) is 2.58. The van der Waals surface area contributed by atoms with E-state index < -0.39 is 11.5 Å². The fraction of sp³-hybridized carbons (Fsp3) is 0.556. The van der Waals surface area contributed by atoms with Crippen molar-refractivity contribution < 1.29 is 9.59 Å². The standard InChI is InChI=1S/C18H25N3O2/c1-11-9-12(2)14(13(3)10-11)15-16(22)18(20-17(15)23)5-7-21(19-4)8-6-18/h9-10,15,19H,5-8H2,1-4H3,(H,20,23). The van der Waals surface area contributed by atoms with Gasteiger partial charge in [-0.3, -0.25) is 15.0 Å². The van der Waals surface area contributed by atoms with Crippen molar-refractivity contribution in [3.05, 3.63) is 34.4 Å². The lowest BCUT2D eigenvalue weighted by Crippen LogP contribution is -2.56. The Bertz CT molecular complexity index is 637. The van der Waals surface area contributed by atoms with Crippen molar-refractivity contribution >= 4 is 11.7 Å². The van der Waals surface area contributed by atoms with Crippen molar-refractivity contribution in [2.75, 3.05) is 20.1 Å². The van der Waals surface area contributed by atoms with Crippen molar-refractivity contribution in [1.82, 2.24) is 15.8 Å². The number of benzene rings is 1. The number of hydrogen-bond donors (Lipinski definition) is 2. The highest BCUT2D eigenvalue weighted by Gasteiger charge is 2.54. The quantitative estimate of drug-likeness (QED) is 0.809. The third-order valence-corrected chi connectivity index (χ3v) is 5.32. The summed E-state index contributed by atoms with van der Waals surface area (Å²) in [5, 5.41) is 5.12. The average Bonchev–Trinajstić information content (AvgIpc) is 2.72. The molecule has 0 saturated carbocycles. The number of hydrogen-bond acceptors (Lipinski definition) is 4. The molecule has 1 amide bonds. The van der Waals surface area contributed by atoms with E-state index in [1.54, 1.807) is 0 Å². The minimum atomic E-state index is -0.682. The SMILES string of the molecule is CNN1CCC2(CC1)NC(=O)C(c1c(C)cc(C)cc1C)C2=O. The molecule has 1 spiro atoms. The van der Waals surface area contributed by atoms with Crippen LogP contribution in [-0.2, 0) is 9.59 Å². The van der Waals surface area contributed by atoms with E-state index in [4.69, 9.17) is 0 Å². The number of hydrazine groups is 1. The predicted octanol–water partition coefficient (Wildman–Crippen LogP) is 1.36. The fourth-order valence-corrected chi connectivity index (χ4v) is 4.16. The first-order valence-corrected chi connectivity index (χ1v) is 8.24. The Balaban J connectivity index is 1.94. The van der Waals surface area contributed by atoms with Crippen molar-refractivity contribution in [2.24, 2.45) is 0 Å². The van der Waals surface area contributed by atoms with Crippen LogP contribution >= 0.6 is 0 Å². The molecule has 2 heterocycles. The van der Waals surface area contributed by atoms with Crippen molar-refractivity contribution in [3.8, 4) is 0 Å². The minimum absolute atomic E-state index is 0.0494. The lowest BCUT2D eigenvalue weighted by atomic mass is 9.79. The van der Waals surface area contributed by atoms with Gasteiger partial charge < -0.3 is 5.32 Å². The molecule has 2 N–H and O–H groups in total. The van der Waals surface area contributed by atoms with Crippen LogP contribution in [0.2, 0.25) is 0 Å². The molecule has 124 valence electrons. The van der Waals surface area contributed by atoms with Crippen molar-refractivity contribution in [1.29, 1.82) is 0 Å². The molecule has 2 aliphatic heterocycles. The summed E-state index contributed by atoms with van der Waals surface area (Å²) < 4.78 is 0. The molecule has 0 aromatic heterocycles. The van der Waals surface area contributed by atoms with Gasteiger partial charge >= 0.3 is 0 Å². The zero-order valence-electron chi connectivity index (χ0n) is 14.3. The first-order valence-electron chi connectivity index (χ1n) is 8.24. The van der Waals surface area contributed by atoms with Gasteiger partial charge in [-0.15, -0.1) is 0 Å². The van der Waals surface area contributed by atoms with Crippen LogP contribution in [0.25, 0.3) is 0 Å². The van der Waals surface area contributed by atoms with Gasteiger partial charge in [0.2, 0.25) is 5.91 Å². The van der Waals surface area contributed by atoms with E-state index in [0.717, 1.165) is 35.3 Å². The van der Waals surface area contributed by atoms with E-state index in [9.17, 15) is 9.59 Å². The molecule has 1 unspecified atom stereocenters. The van der Waals surface area contributed by atoms with Crippen LogP contribution in [0.3, 0.4) is 0 Å². The molecule has 0 radical (unpaired) electrons. The van der Waals surface area contributed by atoms with E-state index >= 15 is 0 Å². The number of rotatable bonds is 2. The van der Waals surface area contributed by atoms with Crippen molar-refractivity contribution in [2.45, 2.75) is 45.1 Å². The van der Waals surface area contributed by atoms with Gasteiger partial charge in [-0.25, -0.2) is 5.01 Å². The molecule has 0 aliphatic carbocycles. The summed E-state index contributed by atoms with van der Waals surface area (Å²) in [6.07, 6.45) is 1.33. The summed E-state index contributed by atoms with van der Waals surface area (Å²) in [7, 11) is 1.88. The van der Waals surface area contributed by atoms with Crippen molar-refractivity contribution in [3.63, 3.8) is 0 Å². The Hall–Kier alpha value is -1.72. The van der Waals surface area contributed by atoms with Crippen LogP contribution in [-0.4, -0.2) is 42.4 Å². The Morgan fingerprint density at radius 1 is 1.13 bits per heavy atom. The third-order valence-electron chi connectivity index (χ3n) is 5.32. The van der Waals surface area contributed by atoms with Gasteiger partial charge in [0.15, 0.2) is 5.78 Å². The first-order chi connectivity index (χ1) is 10.9. The second-order valence-corrected chi connectivity index (χ2v) is 6.89. The number of piperidine rings is 1. The highest BCUT2D eigenvalue weighted by molar-refractivity contribution is 6.17. The molecule has 3 rings (SSSR count). The summed E-state index contributed by atoms with van der Waals surface area (Å²) in [5.74, 6) is -0.743. The van der Waals surface area contributed by atoms with E-state index in [0.29, 0.717) is 12.8 Å². The van der Waals surface area contributed by atoms with E-state index in [2.05, 4.69) is 27.9 Å². The molecular weight excluding hydrogens is 290 g/mol. The maximum absolute atomic E-state index is 13.2. The van der Waals surface area contributed by atoms with E-state index in [-0.39, 0.29) is 11.7 Å². The molecular formula is C18H25N3O2. The van der Waals surface area contributed by atoms with Crippen LogP contribution in [0.5, 0.6) is 0 Å². The summed E-state index contributed by atoms with van der Waals surface area (Å²) in [6.45, 7) is 7.55. The fourth-order valence-electron chi connectivity index (χ4n) is 4.16. The first kappa shape index (κ1) is 16.1.